The summed E-state index contributed by atoms with van der Waals surface area (Å²) in [5, 5.41) is 2.36. The van der Waals surface area contributed by atoms with Gasteiger partial charge in [0.25, 0.3) is 0 Å². The zero-order valence-corrected chi connectivity index (χ0v) is 45.6. The molecule has 4 aliphatic rings. The van der Waals surface area contributed by atoms with Gasteiger partial charge in [0.05, 0.1) is 11.1 Å². The fourth-order valence-corrected chi connectivity index (χ4v) is 14.7. The maximum atomic E-state index is 7.70. The summed E-state index contributed by atoms with van der Waals surface area (Å²) >= 11 is 0. The van der Waals surface area contributed by atoms with Crippen LogP contribution in [0.1, 0.15) is 105 Å². The van der Waals surface area contributed by atoms with E-state index in [2.05, 4.69) is 264 Å². The van der Waals surface area contributed by atoms with Gasteiger partial charge in [-0.15, -0.1) is 0 Å². The van der Waals surface area contributed by atoms with Gasteiger partial charge in [0.2, 0.25) is 0 Å². The first kappa shape index (κ1) is 46.9. The number of aryl methyl sites for hydroxylation is 2. The lowest BCUT2D eigenvalue weighted by Crippen LogP contribution is -2.63. The molecule has 0 atom stereocenters. The SMILES string of the molecule is CCCCc1ccc(N2c3cc(-c4ccccc4C)cc4c3B(c3c2ccc2c3oc3cc5c(cc32)C(C)(C)CCC5(C)C)N2c3ccccc3C(c3ccccc3)(c3ccccc3)c3cccc-4c32)c(-c2ccccc2)c1. The summed E-state index contributed by atoms with van der Waals surface area (Å²) < 4.78 is 7.70. The minimum absolute atomic E-state index is 0.0268. The first-order chi connectivity index (χ1) is 38.1. The Morgan fingerprint density at radius 1 is 0.474 bits per heavy atom. The Kier molecular flexibility index (Phi) is 10.4. The first-order valence-electron chi connectivity index (χ1n) is 28.5. The van der Waals surface area contributed by atoms with Gasteiger partial charge in [0, 0.05) is 50.1 Å². The van der Waals surface area contributed by atoms with E-state index in [4.69, 9.17) is 4.42 Å². The lowest BCUT2D eigenvalue weighted by molar-refractivity contribution is 0.332. The fourth-order valence-electron chi connectivity index (χ4n) is 14.7. The summed E-state index contributed by atoms with van der Waals surface area (Å²) in [6.07, 6.45) is 5.61. The number of hydrogen-bond donors (Lipinski definition) is 0. The van der Waals surface area contributed by atoms with Crippen molar-refractivity contribution in [2.45, 2.75) is 89.9 Å². The lowest BCUT2D eigenvalue weighted by Gasteiger charge is -2.53. The zero-order valence-electron chi connectivity index (χ0n) is 45.6. The summed E-state index contributed by atoms with van der Waals surface area (Å²) in [5.41, 5.74) is 27.6. The molecule has 0 radical (unpaired) electrons. The lowest BCUT2D eigenvalue weighted by atomic mass is 9.41. The van der Waals surface area contributed by atoms with Crippen LogP contribution in [0.2, 0.25) is 0 Å². The van der Waals surface area contributed by atoms with E-state index in [1.807, 2.05) is 0 Å². The van der Waals surface area contributed by atoms with Crippen LogP contribution < -0.4 is 20.6 Å². The predicted octanol–water partition coefficient (Wildman–Crippen LogP) is 18.3. The van der Waals surface area contributed by atoms with E-state index in [0.29, 0.717) is 0 Å². The largest absolute Gasteiger partial charge is 0.456 e. The van der Waals surface area contributed by atoms with Crippen molar-refractivity contribution in [2.75, 3.05) is 9.71 Å². The minimum atomic E-state index is -0.632. The highest BCUT2D eigenvalue weighted by Gasteiger charge is 2.54. The molecule has 11 aromatic rings. The van der Waals surface area contributed by atoms with Gasteiger partial charge in [-0.05, 0) is 170 Å². The maximum Gasteiger partial charge on any atom is 0.336 e. The van der Waals surface area contributed by atoms with Gasteiger partial charge in [-0.25, -0.2) is 0 Å². The molecule has 0 N–H and O–H groups in total. The van der Waals surface area contributed by atoms with E-state index in [9.17, 15) is 0 Å². The third-order valence-electron chi connectivity index (χ3n) is 18.7. The van der Waals surface area contributed by atoms with E-state index in [-0.39, 0.29) is 17.7 Å². The van der Waals surface area contributed by atoms with Crippen LogP contribution in [0.15, 0.2) is 217 Å². The van der Waals surface area contributed by atoms with Gasteiger partial charge in [-0.3, -0.25) is 0 Å². The van der Waals surface area contributed by atoms with E-state index >= 15 is 0 Å². The molecule has 4 heterocycles. The number of anilines is 5. The molecule has 0 bridgehead atoms. The summed E-state index contributed by atoms with van der Waals surface area (Å²) in [5.74, 6) is 0. The van der Waals surface area contributed by atoms with Crippen LogP contribution in [-0.2, 0) is 22.7 Å². The molecule has 0 fully saturated rings. The average Bonchev–Trinajstić information content (AvgIpc) is 2.88. The highest BCUT2D eigenvalue weighted by atomic mass is 16.3. The average molecular weight is 1010 g/mol. The van der Waals surface area contributed by atoms with E-state index in [1.165, 1.54) is 111 Å². The molecule has 15 rings (SSSR count). The minimum Gasteiger partial charge on any atom is -0.456 e. The molecule has 1 aliphatic carbocycles. The normalized spacial score (nSPS) is 15.8. The van der Waals surface area contributed by atoms with Crippen molar-refractivity contribution in [2.24, 2.45) is 0 Å². The predicted molar refractivity (Wildman–Crippen MR) is 329 cm³/mol. The second-order valence-corrected chi connectivity index (χ2v) is 24.0. The molecule has 4 heteroatoms. The zero-order chi connectivity index (χ0) is 52.7. The molecular formula is C74H63BN2O. The molecule has 0 saturated heterocycles. The standard InChI is InChI=1S/C74H63BN2O/c1-7-8-24-48-36-38-63(56(42-48)49-25-12-9-13-26-49)76-65-39-37-55-57-45-61-62(73(5,6)41-40-72(61,3)4)46-67(57)78-71(55)69(65)75-68-58(43-50(44-66(68)76)53-31-19-18-23-47(53)2)54-32-22-34-60-70(54)77(75)64-35-21-20-33-59(64)74(60,51-27-14-10-15-28-51)52-29-16-11-17-30-52/h9-23,25-39,42-46H,7-8,24,40-41H2,1-6H3. The number of fused-ring (bicyclic) bond motifs is 11. The van der Waals surface area contributed by atoms with Gasteiger partial charge in [-0.2, -0.15) is 0 Å². The number of nitrogens with zero attached hydrogens (tertiary/aromatic N) is 2. The van der Waals surface area contributed by atoms with Crippen LogP contribution in [0, 0.1) is 6.92 Å². The van der Waals surface area contributed by atoms with Crippen molar-refractivity contribution in [3.05, 3.63) is 257 Å². The van der Waals surface area contributed by atoms with Crippen molar-refractivity contribution in [1.29, 1.82) is 0 Å². The first-order valence-corrected chi connectivity index (χ1v) is 28.5. The van der Waals surface area contributed by atoms with Gasteiger partial charge in [0.15, 0.2) is 0 Å². The summed E-state index contributed by atoms with van der Waals surface area (Å²) in [6, 6.07) is 81.1. The maximum absolute atomic E-state index is 7.70. The molecular weight excluding hydrogens is 944 g/mol. The van der Waals surface area contributed by atoms with Crippen LogP contribution in [0.3, 0.4) is 0 Å². The van der Waals surface area contributed by atoms with Gasteiger partial charge in [0.1, 0.15) is 11.2 Å². The summed E-state index contributed by atoms with van der Waals surface area (Å²) in [4.78, 5) is 5.38. The summed E-state index contributed by atoms with van der Waals surface area (Å²) in [7, 11) is 0. The summed E-state index contributed by atoms with van der Waals surface area (Å²) in [6.45, 7) is 14.0. The van der Waals surface area contributed by atoms with Crippen molar-refractivity contribution in [1.82, 2.24) is 0 Å². The smallest absolute Gasteiger partial charge is 0.336 e. The van der Waals surface area contributed by atoms with Crippen LogP contribution in [0.25, 0.3) is 55.3 Å². The molecule has 1 aromatic heterocycles. The Labute approximate surface area is 459 Å². The van der Waals surface area contributed by atoms with E-state index < -0.39 is 5.41 Å². The van der Waals surface area contributed by atoms with E-state index in [1.54, 1.807) is 0 Å². The Hall–Kier alpha value is -8.34. The third-order valence-corrected chi connectivity index (χ3v) is 18.7. The third kappa shape index (κ3) is 6.65. The fraction of sp³-hybridized carbons (Fsp3) is 0.189. The van der Waals surface area contributed by atoms with Crippen LogP contribution in [-0.4, -0.2) is 6.85 Å². The molecule has 3 aliphatic heterocycles. The van der Waals surface area contributed by atoms with Gasteiger partial charge < -0.3 is 14.1 Å². The molecule has 10 aromatic carbocycles. The molecule has 0 amide bonds. The number of rotatable bonds is 8. The highest BCUT2D eigenvalue weighted by molar-refractivity contribution is 6.95. The highest BCUT2D eigenvalue weighted by Crippen LogP contribution is 2.61. The molecule has 3 nitrogen and oxygen atoms in total. The van der Waals surface area contributed by atoms with Crippen LogP contribution in [0.5, 0.6) is 0 Å². The number of furan rings is 1. The Balaban J connectivity index is 1.12. The second-order valence-electron chi connectivity index (χ2n) is 24.0. The van der Waals surface area contributed by atoms with Crippen LogP contribution >= 0.6 is 0 Å². The number of benzene rings is 10. The number of para-hydroxylation sites is 2. The Morgan fingerprint density at radius 2 is 1.12 bits per heavy atom. The van der Waals surface area contributed by atoms with Crippen molar-refractivity contribution in [3.8, 4) is 33.4 Å². The second kappa shape index (κ2) is 17.3. The number of unbranched alkanes of at least 4 members (excludes halogenated alkanes) is 1. The molecule has 0 saturated carbocycles. The van der Waals surface area contributed by atoms with E-state index in [0.717, 1.165) is 60.0 Å². The molecule has 78 heavy (non-hydrogen) atoms. The topological polar surface area (TPSA) is 19.6 Å². The van der Waals surface area contributed by atoms with Crippen LogP contribution in [0.4, 0.5) is 28.4 Å². The monoisotopic (exact) mass is 1010 g/mol. The Bertz CT molecular complexity index is 4190. The molecule has 0 unspecified atom stereocenters. The molecule has 378 valence electrons. The quantitative estimate of drug-likeness (QED) is 0.141. The van der Waals surface area contributed by atoms with Gasteiger partial charge in [-0.1, -0.05) is 199 Å². The Morgan fingerprint density at radius 3 is 1.85 bits per heavy atom. The van der Waals surface area contributed by atoms with Crippen molar-refractivity contribution < 1.29 is 4.42 Å². The van der Waals surface area contributed by atoms with Crippen molar-refractivity contribution >= 4 is 68.1 Å². The number of hydrogen-bond acceptors (Lipinski definition) is 3. The molecule has 0 spiro atoms. The van der Waals surface area contributed by atoms with Crippen molar-refractivity contribution in [3.63, 3.8) is 0 Å². The van der Waals surface area contributed by atoms with Gasteiger partial charge >= 0.3 is 6.85 Å².